The van der Waals surface area contributed by atoms with Gasteiger partial charge in [0.25, 0.3) is 0 Å². The largest absolute Gasteiger partial charge is 0.407 e. The van der Waals surface area contributed by atoms with Gasteiger partial charge in [-0.1, -0.05) is 26.2 Å². The number of nitrogens with zero attached hydrogens (tertiary/aromatic N) is 2. The lowest BCUT2D eigenvalue weighted by Crippen LogP contribution is -2.24. The summed E-state index contributed by atoms with van der Waals surface area (Å²) < 4.78 is 7.42. The first-order valence-electron chi connectivity index (χ1n) is 11.2. The maximum absolute atomic E-state index is 13.6. The van der Waals surface area contributed by atoms with Crippen LogP contribution in [0, 0.1) is 29.7 Å². The molecule has 172 valence electrons. The molecule has 7 nitrogen and oxygen atoms in total. The van der Waals surface area contributed by atoms with Gasteiger partial charge in [0.05, 0.1) is 12.1 Å². The summed E-state index contributed by atoms with van der Waals surface area (Å²) in [5.74, 6) is 1.34. The van der Waals surface area contributed by atoms with Crippen LogP contribution in [-0.4, -0.2) is 27.3 Å². The maximum Gasteiger partial charge on any atom is 0.315 e. The number of esters is 1. The van der Waals surface area contributed by atoms with Crippen LogP contribution in [0.2, 0.25) is 0 Å². The topological polar surface area (TPSA) is 95.3 Å². The zero-order valence-corrected chi connectivity index (χ0v) is 19.9. The summed E-state index contributed by atoms with van der Waals surface area (Å²) in [6, 6.07) is 1.98. The third-order valence-electron chi connectivity index (χ3n) is 6.46. The number of ether oxygens (including phenoxy) is 1. The Morgan fingerprint density at radius 1 is 1.16 bits per heavy atom. The van der Waals surface area contributed by atoms with Crippen LogP contribution in [0.1, 0.15) is 84.5 Å². The van der Waals surface area contributed by atoms with E-state index in [2.05, 4.69) is 18.9 Å². The molecule has 0 N–H and O–H groups in total. The van der Waals surface area contributed by atoms with Crippen LogP contribution < -0.4 is 4.74 Å². The van der Waals surface area contributed by atoms with Crippen molar-refractivity contribution in [2.45, 2.75) is 77.2 Å². The van der Waals surface area contributed by atoms with Crippen molar-refractivity contribution in [1.29, 1.82) is 0 Å². The number of carbonyl (C=O) groups excluding carboxylic acids is 2. The summed E-state index contributed by atoms with van der Waals surface area (Å²) in [4.78, 5) is 41.7. The first kappa shape index (κ1) is 24.2. The number of aryl methyl sites for hydroxylation is 2. The predicted octanol–water partition coefficient (Wildman–Crippen LogP) is 5.51. The Morgan fingerprint density at radius 3 is 2.50 bits per heavy atom. The van der Waals surface area contributed by atoms with Crippen molar-refractivity contribution in [3.8, 4) is 5.88 Å². The monoisotopic (exact) mass is 458 g/mol. The van der Waals surface area contributed by atoms with Gasteiger partial charge in [-0.3, -0.25) is 9.59 Å². The minimum Gasteiger partial charge on any atom is -0.407 e. The van der Waals surface area contributed by atoms with Gasteiger partial charge in [-0.25, -0.2) is 4.68 Å². The quantitative estimate of drug-likeness (QED) is 0.430. The lowest BCUT2D eigenvalue weighted by molar-refractivity contribution is -0.140. The number of hydrogen-bond acceptors (Lipinski definition) is 7. The molecule has 1 fully saturated rings. The van der Waals surface area contributed by atoms with Gasteiger partial charge in [-0.2, -0.15) is 5.10 Å². The first-order chi connectivity index (χ1) is 15.4. The molecule has 8 heteroatoms. The standard InChI is InChI=1S/C24H30N2O3S.O2/c1-5-26-23(29-24(28)17-9-7-6-8-10-17)19(12-25-26)21(27)18-11-14(2)22-20(16(18)4)15(3)13-30-22;1-2/h11-12,15,17H,5-10,13H2,1-4H3;. The highest BCUT2D eigenvalue weighted by Gasteiger charge is 2.31. The van der Waals surface area contributed by atoms with Crippen LogP contribution in [0.15, 0.2) is 17.2 Å². The molecule has 0 radical (unpaired) electrons. The van der Waals surface area contributed by atoms with Crippen molar-refractivity contribution in [2.75, 3.05) is 5.75 Å². The number of fused-ring (bicyclic) bond motifs is 1. The SMILES string of the molecule is CCn1ncc(C(=O)c2cc(C)c3c(c2C)C(C)CS3)c1OC(=O)C1CCCCC1.O=O. The second-order valence-corrected chi connectivity index (χ2v) is 9.62. The molecule has 2 heterocycles. The molecule has 1 aromatic carbocycles. The third kappa shape index (κ3) is 4.51. The molecule has 0 amide bonds. The number of carbonyl (C=O) groups is 2. The van der Waals surface area contributed by atoms with Gasteiger partial charge in [-0.15, -0.1) is 11.8 Å². The summed E-state index contributed by atoms with van der Waals surface area (Å²) in [7, 11) is 0. The van der Waals surface area contributed by atoms with E-state index < -0.39 is 0 Å². The molecule has 0 saturated heterocycles. The molecule has 4 rings (SSSR count). The Bertz CT molecular complexity index is 1010. The van der Waals surface area contributed by atoms with Crippen molar-refractivity contribution < 1.29 is 14.3 Å². The maximum atomic E-state index is 13.6. The third-order valence-corrected chi connectivity index (χ3v) is 7.95. The van der Waals surface area contributed by atoms with E-state index in [0.717, 1.165) is 42.6 Å². The van der Waals surface area contributed by atoms with E-state index in [0.29, 0.717) is 23.6 Å². The number of rotatable bonds is 5. The molecule has 0 spiro atoms. The van der Waals surface area contributed by atoms with Crippen LogP contribution in [-0.2, 0) is 11.3 Å². The fourth-order valence-electron chi connectivity index (χ4n) is 4.76. The molecular weight excluding hydrogens is 428 g/mol. The van der Waals surface area contributed by atoms with Gasteiger partial charge in [0.15, 0.2) is 5.78 Å². The number of benzene rings is 1. The van der Waals surface area contributed by atoms with Crippen molar-refractivity contribution in [3.63, 3.8) is 0 Å². The second kappa shape index (κ2) is 10.4. The Morgan fingerprint density at radius 2 is 1.84 bits per heavy atom. The zero-order chi connectivity index (χ0) is 23.4. The highest BCUT2D eigenvalue weighted by atomic mass is 32.2. The number of thioether (sulfide) groups is 1. The summed E-state index contributed by atoms with van der Waals surface area (Å²) in [6.45, 7) is 8.79. The fourth-order valence-corrected chi connectivity index (χ4v) is 6.14. The van der Waals surface area contributed by atoms with Crippen LogP contribution in [0.3, 0.4) is 0 Å². The lowest BCUT2D eigenvalue weighted by Gasteiger charge is -2.20. The predicted molar refractivity (Wildman–Crippen MR) is 125 cm³/mol. The van der Waals surface area contributed by atoms with E-state index in [1.807, 2.05) is 31.7 Å². The van der Waals surface area contributed by atoms with Crippen molar-refractivity contribution in [1.82, 2.24) is 9.78 Å². The van der Waals surface area contributed by atoms with E-state index in [1.165, 1.54) is 16.9 Å². The van der Waals surface area contributed by atoms with Gasteiger partial charge in [0.1, 0.15) is 5.56 Å². The van der Waals surface area contributed by atoms with E-state index >= 15 is 0 Å². The number of ketones is 1. The van der Waals surface area contributed by atoms with E-state index in [9.17, 15) is 9.59 Å². The first-order valence-corrected chi connectivity index (χ1v) is 12.2. The Kier molecular flexibility index (Phi) is 7.87. The molecule has 1 aromatic heterocycles. The highest BCUT2D eigenvalue weighted by Crippen LogP contribution is 2.44. The van der Waals surface area contributed by atoms with Gasteiger partial charge in [0.2, 0.25) is 5.88 Å². The van der Waals surface area contributed by atoms with Crippen LogP contribution in [0.25, 0.3) is 0 Å². The summed E-state index contributed by atoms with van der Waals surface area (Å²) in [6.07, 6.45) is 6.57. The molecule has 0 bridgehead atoms. The van der Waals surface area contributed by atoms with Gasteiger partial charge in [0, 0.05) is 32.7 Å². The Labute approximate surface area is 192 Å². The van der Waals surface area contributed by atoms with Gasteiger partial charge >= 0.3 is 5.97 Å². The average Bonchev–Trinajstić information content (AvgIpc) is 3.41. The second-order valence-electron chi connectivity index (χ2n) is 8.59. The van der Waals surface area contributed by atoms with E-state index in [1.54, 1.807) is 10.9 Å². The minimum atomic E-state index is -0.231. The molecule has 2 aromatic rings. The zero-order valence-electron chi connectivity index (χ0n) is 19.1. The summed E-state index contributed by atoms with van der Waals surface area (Å²) in [5.41, 5.74) is 4.52. The fraction of sp³-hybridized carbons (Fsp3) is 0.542. The smallest absolute Gasteiger partial charge is 0.315 e. The molecule has 1 aliphatic carbocycles. The highest BCUT2D eigenvalue weighted by molar-refractivity contribution is 7.99. The minimum absolute atomic E-state index is 0.0799. The number of hydrogen-bond donors (Lipinski definition) is 0. The van der Waals surface area contributed by atoms with Gasteiger partial charge in [-0.05, 0) is 62.3 Å². The van der Waals surface area contributed by atoms with E-state index in [4.69, 9.17) is 14.7 Å². The molecule has 1 saturated carbocycles. The van der Waals surface area contributed by atoms with Crippen LogP contribution in [0.4, 0.5) is 0 Å². The van der Waals surface area contributed by atoms with Crippen LogP contribution >= 0.6 is 11.8 Å². The average molecular weight is 459 g/mol. The van der Waals surface area contributed by atoms with Gasteiger partial charge < -0.3 is 4.74 Å². The Hall–Kier alpha value is -2.48. The molecule has 1 unspecified atom stereocenters. The van der Waals surface area contributed by atoms with Crippen molar-refractivity contribution in [3.05, 3.63) is 50.0 Å². The molecule has 1 aliphatic heterocycles. The molecule has 1 atom stereocenters. The van der Waals surface area contributed by atoms with Crippen molar-refractivity contribution in [2.24, 2.45) is 5.92 Å². The number of aromatic nitrogens is 2. The molecule has 32 heavy (non-hydrogen) atoms. The Balaban J connectivity index is 0.00000141. The summed E-state index contributed by atoms with van der Waals surface area (Å²) in [5, 5.41) is 4.33. The summed E-state index contributed by atoms with van der Waals surface area (Å²) >= 11 is 1.87. The molecule has 2 aliphatic rings. The molecular formula is C24H30N2O5S. The normalized spacial score (nSPS) is 17.9. The van der Waals surface area contributed by atoms with E-state index in [-0.39, 0.29) is 23.6 Å². The van der Waals surface area contributed by atoms with Crippen molar-refractivity contribution >= 4 is 23.5 Å². The van der Waals surface area contributed by atoms with Crippen LogP contribution in [0.5, 0.6) is 5.88 Å². The lowest BCUT2D eigenvalue weighted by atomic mass is 9.89.